The number of fused-ring (bicyclic) bond motifs is 1. The first-order chi connectivity index (χ1) is 15.4. The van der Waals surface area contributed by atoms with E-state index >= 15 is 0 Å². The fourth-order valence-electron chi connectivity index (χ4n) is 5.01. The van der Waals surface area contributed by atoms with Crippen LogP contribution >= 0.6 is 28.3 Å². The molecule has 0 saturated carbocycles. The summed E-state index contributed by atoms with van der Waals surface area (Å²) in [4.78, 5) is 20.9. The quantitative estimate of drug-likeness (QED) is 0.433. The van der Waals surface area contributed by atoms with Crippen molar-refractivity contribution in [2.24, 2.45) is 22.9 Å². The van der Waals surface area contributed by atoms with Crippen LogP contribution < -0.4 is 37.6 Å². The van der Waals surface area contributed by atoms with Gasteiger partial charge in [0.1, 0.15) is 0 Å². The molecular weight excluding hydrogens is 508 g/mol. The predicted octanol–water partition coefficient (Wildman–Crippen LogP) is 0.480. The van der Waals surface area contributed by atoms with Crippen molar-refractivity contribution in [3.05, 3.63) is 28.2 Å². The number of nitrogens with zero attached hydrogens (tertiary/aromatic N) is 6. The van der Waals surface area contributed by atoms with Gasteiger partial charge in [-0.25, -0.2) is 0 Å². The Morgan fingerprint density at radius 1 is 0.758 bits per heavy atom. The van der Waals surface area contributed by atoms with Crippen LogP contribution in [0.3, 0.4) is 0 Å². The molecule has 8 N–H and O–H groups in total. The molecule has 0 amide bonds. The summed E-state index contributed by atoms with van der Waals surface area (Å²) in [5.74, 6) is 1.84. The average Bonchev–Trinajstić information content (AvgIpc) is 3.15. The van der Waals surface area contributed by atoms with E-state index < -0.39 is 0 Å². The third kappa shape index (κ3) is 5.18. The van der Waals surface area contributed by atoms with E-state index in [-0.39, 0.29) is 36.6 Å². The van der Waals surface area contributed by atoms with E-state index in [9.17, 15) is 0 Å². The molecule has 2 fully saturated rings. The molecule has 0 bridgehead atoms. The zero-order chi connectivity index (χ0) is 22.4. The number of hydrogen-bond donors (Lipinski definition) is 4. The minimum absolute atomic E-state index is 0. The van der Waals surface area contributed by atoms with Crippen molar-refractivity contribution in [3.63, 3.8) is 0 Å². The van der Waals surface area contributed by atoms with Crippen molar-refractivity contribution in [2.45, 2.75) is 43.4 Å². The molecule has 0 radical (unpaired) electrons. The van der Waals surface area contributed by atoms with Crippen LogP contribution in [0, 0.1) is 0 Å². The fourth-order valence-corrected chi connectivity index (χ4v) is 5.42. The van der Waals surface area contributed by atoms with Crippen molar-refractivity contribution in [3.8, 4) is 0 Å². The number of halogens is 2. The molecule has 10 nitrogen and oxygen atoms in total. The lowest BCUT2D eigenvalue weighted by Gasteiger charge is -2.37. The molecule has 2 aromatic rings. The highest BCUT2D eigenvalue weighted by Gasteiger charge is 2.31. The molecule has 0 aliphatic carbocycles. The second-order valence-corrected chi connectivity index (χ2v) is 10.1. The van der Waals surface area contributed by atoms with Crippen LogP contribution in [-0.4, -0.2) is 71.8 Å². The van der Waals surface area contributed by atoms with Gasteiger partial charge in [0.15, 0.2) is 0 Å². The van der Waals surface area contributed by atoms with Crippen molar-refractivity contribution in [1.29, 1.82) is 0 Å². The van der Waals surface area contributed by atoms with E-state index in [0.717, 1.165) is 36.0 Å². The first-order valence-electron chi connectivity index (χ1n) is 11.2. The Bertz CT molecular complexity index is 929. The van der Waals surface area contributed by atoms with E-state index in [1.165, 1.54) is 5.56 Å². The van der Waals surface area contributed by atoms with Crippen LogP contribution in [0.5, 0.6) is 0 Å². The van der Waals surface area contributed by atoms with Gasteiger partial charge in [-0.2, -0.15) is 15.0 Å². The molecule has 33 heavy (non-hydrogen) atoms. The molecule has 4 heterocycles. The van der Waals surface area contributed by atoms with Gasteiger partial charge >= 0.3 is 0 Å². The SMILES string of the molecule is Cl.N[C@@H]1C[C@H](N)CN(c2nc(N3C[C@H](N)C[C@H](N)C3)nc(N3CCc4cc(Br)ccc43)n2)C1. The van der Waals surface area contributed by atoms with Crippen LogP contribution in [0.4, 0.5) is 23.5 Å². The summed E-state index contributed by atoms with van der Waals surface area (Å²) >= 11 is 3.57. The second-order valence-electron chi connectivity index (χ2n) is 9.23. The van der Waals surface area contributed by atoms with Crippen molar-refractivity contribution >= 4 is 51.9 Å². The second kappa shape index (κ2) is 9.85. The van der Waals surface area contributed by atoms with Gasteiger partial charge in [0.2, 0.25) is 17.8 Å². The van der Waals surface area contributed by atoms with E-state index in [2.05, 4.69) is 42.8 Å². The predicted molar refractivity (Wildman–Crippen MR) is 137 cm³/mol. The number of rotatable bonds is 3. The Morgan fingerprint density at radius 3 is 1.76 bits per heavy atom. The molecule has 5 rings (SSSR count). The molecule has 0 spiro atoms. The number of piperidine rings is 2. The van der Waals surface area contributed by atoms with E-state index in [1.54, 1.807) is 0 Å². The topological polar surface area (TPSA) is 152 Å². The van der Waals surface area contributed by atoms with Gasteiger partial charge in [0.05, 0.1) is 0 Å². The Hall–Kier alpha value is -1.76. The molecular formula is C21H32BrClN10. The lowest BCUT2D eigenvalue weighted by Crippen LogP contribution is -2.54. The summed E-state index contributed by atoms with van der Waals surface area (Å²) in [7, 11) is 0. The summed E-state index contributed by atoms with van der Waals surface area (Å²) in [6, 6.07) is 6.27. The zero-order valence-corrected chi connectivity index (χ0v) is 20.9. The van der Waals surface area contributed by atoms with Gasteiger partial charge in [0.25, 0.3) is 0 Å². The molecule has 12 heteroatoms. The Morgan fingerprint density at radius 2 is 1.24 bits per heavy atom. The molecule has 1 aromatic carbocycles. The van der Waals surface area contributed by atoms with Crippen molar-refractivity contribution in [1.82, 2.24) is 15.0 Å². The Kier molecular flexibility index (Phi) is 7.27. The maximum Gasteiger partial charge on any atom is 0.236 e. The number of anilines is 4. The highest BCUT2D eigenvalue weighted by molar-refractivity contribution is 9.10. The minimum atomic E-state index is -0.0101. The van der Waals surface area contributed by atoms with Gasteiger partial charge < -0.3 is 37.6 Å². The minimum Gasteiger partial charge on any atom is -0.338 e. The number of benzene rings is 1. The van der Waals surface area contributed by atoms with Gasteiger partial charge in [0, 0.05) is 67.1 Å². The molecule has 3 aliphatic rings. The van der Waals surface area contributed by atoms with Gasteiger partial charge in [-0.15, -0.1) is 12.4 Å². The average molecular weight is 540 g/mol. The summed E-state index contributed by atoms with van der Waals surface area (Å²) in [6.07, 6.45) is 2.53. The number of nitrogens with two attached hydrogens (primary N) is 4. The first-order valence-corrected chi connectivity index (χ1v) is 12.0. The van der Waals surface area contributed by atoms with E-state index in [1.807, 2.05) is 6.07 Å². The lowest BCUT2D eigenvalue weighted by molar-refractivity contribution is 0.441. The maximum absolute atomic E-state index is 6.26. The molecule has 0 unspecified atom stereocenters. The molecule has 4 atom stereocenters. The number of hydrogen-bond acceptors (Lipinski definition) is 10. The summed E-state index contributed by atoms with van der Waals surface area (Å²) in [5, 5.41) is 0. The van der Waals surface area contributed by atoms with Crippen LogP contribution in [0.15, 0.2) is 22.7 Å². The highest BCUT2D eigenvalue weighted by atomic mass is 79.9. The van der Waals surface area contributed by atoms with Gasteiger partial charge in [-0.05, 0) is 43.0 Å². The van der Waals surface area contributed by atoms with Crippen LogP contribution in [0.2, 0.25) is 0 Å². The molecule has 1 aromatic heterocycles. The third-order valence-electron chi connectivity index (χ3n) is 6.37. The van der Waals surface area contributed by atoms with Crippen molar-refractivity contribution < 1.29 is 0 Å². The van der Waals surface area contributed by atoms with Gasteiger partial charge in [-0.3, -0.25) is 0 Å². The van der Waals surface area contributed by atoms with E-state index in [0.29, 0.717) is 44.0 Å². The molecule has 2 saturated heterocycles. The van der Waals surface area contributed by atoms with Crippen LogP contribution in [0.1, 0.15) is 18.4 Å². The fraction of sp³-hybridized carbons (Fsp3) is 0.571. The largest absolute Gasteiger partial charge is 0.338 e. The monoisotopic (exact) mass is 538 g/mol. The Labute approximate surface area is 208 Å². The summed E-state index contributed by atoms with van der Waals surface area (Å²) in [5.41, 5.74) is 27.4. The zero-order valence-electron chi connectivity index (χ0n) is 18.5. The normalized spacial score (nSPS) is 27.4. The summed E-state index contributed by atoms with van der Waals surface area (Å²) < 4.78 is 1.07. The van der Waals surface area contributed by atoms with Gasteiger partial charge in [-0.1, -0.05) is 15.9 Å². The smallest absolute Gasteiger partial charge is 0.236 e. The Balaban J connectivity index is 0.00000259. The maximum atomic E-state index is 6.26. The number of aromatic nitrogens is 3. The van der Waals surface area contributed by atoms with Crippen molar-refractivity contribution in [2.75, 3.05) is 47.4 Å². The first kappa shape index (κ1) is 24.4. The van der Waals surface area contributed by atoms with Crippen LogP contribution in [-0.2, 0) is 6.42 Å². The standard InChI is InChI=1S/C21H31BrN10.ClH/c22-13-1-2-18-12(5-13)3-4-32(18)21-28-19(30-8-14(23)6-15(24)9-30)27-20(29-21)31-10-16(25)7-17(26)11-31;/h1-2,5,14-17H,3-4,6-11,23-26H2;1H/t14-,15+,16-,17+;. The summed E-state index contributed by atoms with van der Waals surface area (Å²) in [6.45, 7) is 3.48. The molecule has 180 valence electrons. The third-order valence-corrected chi connectivity index (χ3v) is 6.87. The lowest BCUT2D eigenvalue weighted by atomic mass is 10.0. The highest BCUT2D eigenvalue weighted by Crippen LogP contribution is 2.35. The van der Waals surface area contributed by atoms with E-state index in [4.69, 9.17) is 37.9 Å². The molecule has 3 aliphatic heterocycles. The van der Waals surface area contributed by atoms with Crippen LogP contribution in [0.25, 0.3) is 0 Å².